The van der Waals surface area contributed by atoms with E-state index in [4.69, 9.17) is 9.47 Å². The highest BCUT2D eigenvalue weighted by Gasteiger charge is 2.31. The molecule has 1 fully saturated rings. The number of carbonyl (C=O) groups is 1. The lowest BCUT2D eigenvalue weighted by Crippen LogP contribution is -2.32. The van der Waals surface area contributed by atoms with E-state index in [1.54, 1.807) is 22.8 Å². The zero-order chi connectivity index (χ0) is 21.1. The van der Waals surface area contributed by atoms with Gasteiger partial charge >= 0.3 is 5.69 Å². The SMILES string of the molecule is COc1cccc(C(=O)NCCn2nc(C3CC3)n(-c3ccccc3)c2=O)c1OC. The molecule has 1 aromatic heterocycles. The van der Waals surface area contributed by atoms with Crippen molar-refractivity contribution in [3.05, 3.63) is 70.4 Å². The first-order valence-corrected chi connectivity index (χ1v) is 9.88. The number of methoxy groups -OCH3 is 2. The molecule has 0 aliphatic heterocycles. The minimum Gasteiger partial charge on any atom is -0.493 e. The molecular formula is C22H24N4O4. The van der Waals surface area contributed by atoms with Crippen LogP contribution in [-0.4, -0.2) is 41.0 Å². The van der Waals surface area contributed by atoms with Gasteiger partial charge in [0.2, 0.25) is 0 Å². The number of amides is 1. The summed E-state index contributed by atoms with van der Waals surface area (Å²) in [7, 11) is 3.01. The Morgan fingerprint density at radius 3 is 2.53 bits per heavy atom. The van der Waals surface area contributed by atoms with Gasteiger partial charge in [0.1, 0.15) is 5.82 Å². The summed E-state index contributed by atoms with van der Waals surface area (Å²) in [5.41, 5.74) is 0.981. The molecule has 30 heavy (non-hydrogen) atoms. The van der Waals surface area contributed by atoms with Gasteiger partial charge in [-0.3, -0.25) is 4.79 Å². The van der Waals surface area contributed by atoms with Gasteiger partial charge in [-0.05, 0) is 37.1 Å². The molecule has 4 rings (SSSR count). The van der Waals surface area contributed by atoms with E-state index in [1.807, 2.05) is 30.3 Å². The summed E-state index contributed by atoms with van der Waals surface area (Å²) in [5.74, 6) is 1.65. The van der Waals surface area contributed by atoms with Crippen LogP contribution in [0.15, 0.2) is 53.3 Å². The molecule has 1 amide bonds. The van der Waals surface area contributed by atoms with Crippen LogP contribution in [0.4, 0.5) is 0 Å². The second-order valence-electron chi connectivity index (χ2n) is 7.11. The number of aromatic nitrogens is 3. The van der Waals surface area contributed by atoms with Gasteiger partial charge < -0.3 is 14.8 Å². The Hall–Kier alpha value is -3.55. The summed E-state index contributed by atoms with van der Waals surface area (Å²) >= 11 is 0. The Morgan fingerprint density at radius 2 is 1.87 bits per heavy atom. The standard InChI is InChI=1S/C22H24N4O4/c1-29-18-10-6-9-17(19(18)30-2)21(27)23-13-14-25-22(28)26(16-7-4-3-5-8-16)20(24-25)15-11-12-15/h3-10,15H,11-14H2,1-2H3,(H,23,27). The Balaban J connectivity index is 1.50. The molecule has 0 atom stereocenters. The largest absolute Gasteiger partial charge is 0.493 e. The Kier molecular flexibility index (Phi) is 5.56. The van der Waals surface area contributed by atoms with Crippen molar-refractivity contribution in [1.82, 2.24) is 19.7 Å². The van der Waals surface area contributed by atoms with Crippen LogP contribution in [0.1, 0.15) is 34.9 Å². The minimum atomic E-state index is -0.302. The zero-order valence-corrected chi connectivity index (χ0v) is 17.0. The highest BCUT2D eigenvalue weighted by molar-refractivity contribution is 5.97. The molecule has 1 saturated carbocycles. The summed E-state index contributed by atoms with van der Waals surface area (Å²) in [6.07, 6.45) is 2.07. The van der Waals surface area contributed by atoms with Crippen molar-refractivity contribution in [2.75, 3.05) is 20.8 Å². The highest BCUT2D eigenvalue weighted by Crippen LogP contribution is 2.39. The number of rotatable bonds is 8. The van der Waals surface area contributed by atoms with Gasteiger partial charge in [0.25, 0.3) is 5.91 Å². The van der Waals surface area contributed by atoms with E-state index in [-0.39, 0.29) is 24.7 Å². The number of hydrogen-bond acceptors (Lipinski definition) is 5. The Bertz CT molecular complexity index is 1100. The van der Waals surface area contributed by atoms with Crippen LogP contribution < -0.4 is 20.5 Å². The van der Waals surface area contributed by atoms with Crippen molar-refractivity contribution >= 4 is 5.91 Å². The maximum absolute atomic E-state index is 13.0. The molecule has 1 aliphatic rings. The molecule has 8 nitrogen and oxygen atoms in total. The lowest BCUT2D eigenvalue weighted by Gasteiger charge is -2.12. The van der Waals surface area contributed by atoms with Crippen LogP contribution in [0.3, 0.4) is 0 Å². The molecular weight excluding hydrogens is 384 g/mol. The summed E-state index contributed by atoms with van der Waals surface area (Å²) in [6, 6.07) is 14.6. The molecule has 1 N–H and O–H groups in total. The van der Waals surface area contributed by atoms with Crippen molar-refractivity contribution in [1.29, 1.82) is 0 Å². The maximum Gasteiger partial charge on any atom is 0.350 e. The summed E-state index contributed by atoms with van der Waals surface area (Å²) in [4.78, 5) is 25.6. The zero-order valence-electron chi connectivity index (χ0n) is 17.0. The molecule has 1 heterocycles. The van der Waals surface area contributed by atoms with Crippen molar-refractivity contribution in [2.24, 2.45) is 0 Å². The quantitative estimate of drug-likeness (QED) is 0.618. The van der Waals surface area contributed by atoms with Gasteiger partial charge in [-0.1, -0.05) is 24.3 Å². The number of nitrogens with one attached hydrogen (secondary N) is 1. The third-order valence-corrected chi connectivity index (χ3v) is 5.08. The monoisotopic (exact) mass is 408 g/mol. The third-order valence-electron chi connectivity index (χ3n) is 5.08. The molecule has 156 valence electrons. The normalized spacial score (nSPS) is 13.1. The number of carbonyl (C=O) groups excluding carboxylic acids is 1. The second-order valence-corrected chi connectivity index (χ2v) is 7.11. The molecule has 0 unspecified atom stereocenters. The first-order valence-electron chi connectivity index (χ1n) is 9.88. The number of hydrogen-bond donors (Lipinski definition) is 1. The van der Waals surface area contributed by atoms with Crippen LogP contribution in [-0.2, 0) is 6.54 Å². The van der Waals surface area contributed by atoms with Crippen molar-refractivity contribution < 1.29 is 14.3 Å². The van der Waals surface area contributed by atoms with Crippen LogP contribution in [0, 0.1) is 0 Å². The van der Waals surface area contributed by atoms with Crippen molar-refractivity contribution in [3.63, 3.8) is 0 Å². The molecule has 8 heteroatoms. The van der Waals surface area contributed by atoms with Crippen molar-refractivity contribution in [2.45, 2.75) is 25.3 Å². The van der Waals surface area contributed by atoms with Crippen LogP contribution >= 0.6 is 0 Å². The van der Waals surface area contributed by atoms with Crippen molar-refractivity contribution in [3.8, 4) is 17.2 Å². The molecule has 0 spiro atoms. The van der Waals surface area contributed by atoms with Gasteiger partial charge in [-0.25, -0.2) is 14.0 Å². The number of para-hydroxylation sites is 2. The van der Waals surface area contributed by atoms with Crippen LogP contribution in [0.25, 0.3) is 5.69 Å². The van der Waals surface area contributed by atoms with Crippen LogP contribution in [0.2, 0.25) is 0 Å². The van der Waals surface area contributed by atoms with Gasteiger partial charge in [0.15, 0.2) is 11.5 Å². The van der Waals surface area contributed by atoms with E-state index in [0.717, 1.165) is 24.4 Å². The molecule has 3 aromatic rings. The van der Waals surface area contributed by atoms with E-state index in [0.29, 0.717) is 23.0 Å². The van der Waals surface area contributed by atoms with E-state index in [9.17, 15) is 9.59 Å². The van der Waals surface area contributed by atoms with Crippen LogP contribution in [0.5, 0.6) is 11.5 Å². The predicted octanol–water partition coefficient (Wildman–Crippen LogP) is 2.36. The predicted molar refractivity (Wildman–Crippen MR) is 112 cm³/mol. The molecule has 1 aliphatic carbocycles. The Labute approximate surface area is 174 Å². The summed E-state index contributed by atoms with van der Waals surface area (Å²) in [6.45, 7) is 0.533. The first kappa shape index (κ1) is 19.8. The maximum atomic E-state index is 13.0. The lowest BCUT2D eigenvalue weighted by molar-refractivity contribution is 0.0948. The van der Waals surface area contributed by atoms with E-state index in [2.05, 4.69) is 10.4 Å². The summed E-state index contributed by atoms with van der Waals surface area (Å²) < 4.78 is 13.6. The first-order chi connectivity index (χ1) is 14.6. The smallest absolute Gasteiger partial charge is 0.350 e. The average Bonchev–Trinajstić information content (AvgIpc) is 3.57. The highest BCUT2D eigenvalue weighted by atomic mass is 16.5. The number of benzene rings is 2. The minimum absolute atomic E-state index is 0.198. The lowest BCUT2D eigenvalue weighted by atomic mass is 10.1. The second kappa shape index (κ2) is 8.44. The topological polar surface area (TPSA) is 87.4 Å². The fraction of sp³-hybridized carbons (Fsp3) is 0.318. The average molecular weight is 408 g/mol. The van der Waals surface area contributed by atoms with Gasteiger partial charge in [-0.2, -0.15) is 5.10 Å². The molecule has 0 bridgehead atoms. The van der Waals surface area contributed by atoms with Gasteiger partial charge in [0, 0.05) is 12.5 Å². The van der Waals surface area contributed by atoms with Gasteiger partial charge in [-0.15, -0.1) is 0 Å². The van der Waals surface area contributed by atoms with Gasteiger partial charge in [0.05, 0.1) is 32.0 Å². The molecule has 0 saturated heterocycles. The van der Waals surface area contributed by atoms with E-state index < -0.39 is 0 Å². The van der Waals surface area contributed by atoms with E-state index >= 15 is 0 Å². The summed E-state index contributed by atoms with van der Waals surface area (Å²) in [5, 5.41) is 7.38. The number of ether oxygens (including phenoxy) is 2. The molecule has 2 aromatic carbocycles. The number of nitrogens with zero attached hydrogens (tertiary/aromatic N) is 3. The Morgan fingerprint density at radius 1 is 1.10 bits per heavy atom. The fourth-order valence-corrected chi connectivity index (χ4v) is 3.43. The molecule has 0 radical (unpaired) electrons. The fourth-order valence-electron chi connectivity index (χ4n) is 3.43. The third kappa shape index (κ3) is 3.80. The van der Waals surface area contributed by atoms with E-state index in [1.165, 1.54) is 18.9 Å².